The van der Waals surface area contributed by atoms with Crippen LogP contribution in [-0.4, -0.2) is 15.0 Å². The van der Waals surface area contributed by atoms with E-state index in [0.717, 1.165) is 24.0 Å². The third-order valence-corrected chi connectivity index (χ3v) is 4.06. The highest BCUT2D eigenvalue weighted by Gasteiger charge is 2.15. The quantitative estimate of drug-likeness (QED) is 0.804. The van der Waals surface area contributed by atoms with Gasteiger partial charge in [-0.2, -0.15) is 0 Å². The third-order valence-electron chi connectivity index (χ3n) is 2.44. The monoisotopic (exact) mass is 241 g/mol. The number of unbranched alkanes of at least 4 members (excludes halogenated alkanes) is 1. The molecule has 0 aromatic heterocycles. The van der Waals surface area contributed by atoms with Gasteiger partial charge in [0, 0.05) is 6.54 Å². The second kappa shape index (κ2) is 5.46. The van der Waals surface area contributed by atoms with Crippen molar-refractivity contribution in [1.82, 2.24) is 4.72 Å². The van der Waals surface area contributed by atoms with Crippen LogP contribution in [-0.2, 0) is 10.0 Å². The summed E-state index contributed by atoms with van der Waals surface area (Å²) in [7, 11) is -3.33. The van der Waals surface area contributed by atoms with Crippen LogP contribution in [0.15, 0.2) is 23.1 Å². The molecule has 90 valence electrons. The average Bonchev–Trinajstić information content (AvgIpc) is 2.17. The molecule has 0 bridgehead atoms. The SMILES string of the molecule is CCCCNS(=O)(=O)c1ccc(C)cc1C. The van der Waals surface area contributed by atoms with E-state index in [4.69, 9.17) is 0 Å². The summed E-state index contributed by atoms with van der Waals surface area (Å²) in [5, 5.41) is 0. The maximum absolute atomic E-state index is 11.9. The van der Waals surface area contributed by atoms with Crippen LogP contribution in [0.3, 0.4) is 0 Å². The lowest BCUT2D eigenvalue weighted by atomic mass is 10.2. The molecule has 0 aliphatic carbocycles. The molecule has 0 aliphatic rings. The Morgan fingerprint density at radius 1 is 1.25 bits per heavy atom. The maximum atomic E-state index is 11.9. The molecule has 0 saturated carbocycles. The summed E-state index contributed by atoms with van der Waals surface area (Å²) < 4.78 is 26.5. The van der Waals surface area contributed by atoms with E-state index in [9.17, 15) is 8.42 Å². The summed E-state index contributed by atoms with van der Waals surface area (Å²) in [5.74, 6) is 0. The van der Waals surface area contributed by atoms with Gasteiger partial charge in [-0.25, -0.2) is 13.1 Å². The lowest BCUT2D eigenvalue weighted by Gasteiger charge is -2.09. The highest BCUT2D eigenvalue weighted by atomic mass is 32.2. The topological polar surface area (TPSA) is 46.2 Å². The molecule has 1 aromatic rings. The molecule has 0 saturated heterocycles. The lowest BCUT2D eigenvalue weighted by Crippen LogP contribution is -2.25. The van der Waals surface area contributed by atoms with Crippen molar-refractivity contribution < 1.29 is 8.42 Å². The van der Waals surface area contributed by atoms with Crippen LogP contribution < -0.4 is 4.72 Å². The number of aryl methyl sites for hydroxylation is 2. The van der Waals surface area contributed by atoms with E-state index < -0.39 is 10.0 Å². The summed E-state index contributed by atoms with van der Waals surface area (Å²) in [4.78, 5) is 0.384. The highest BCUT2D eigenvalue weighted by Crippen LogP contribution is 2.16. The molecule has 0 spiro atoms. The van der Waals surface area contributed by atoms with Gasteiger partial charge in [-0.1, -0.05) is 31.0 Å². The Morgan fingerprint density at radius 3 is 2.50 bits per heavy atom. The van der Waals surface area contributed by atoms with Crippen LogP contribution in [0.4, 0.5) is 0 Å². The summed E-state index contributed by atoms with van der Waals surface area (Å²) in [5.41, 5.74) is 1.87. The van der Waals surface area contributed by atoms with Crippen molar-refractivity contribution in [3.8, 4) is 0 Å². The van der Waals surface area contributed by atoms with Gasteiger partial charge in [0.2, 0.25) is 10.0 Å². The van der Waals surface area contributed by atoms with E-state index in [1.807, 2.05) is 32.9 Å². The largest absolute Gasteiger partial charge is 0.240 e. The molecule has 0 aliphatic heterocycles. The van der Waals surface area contributed by atoms with Crippen molar-refractivity contribution in [3.05, 3.63) is 29.3 Å². The Balaban J connectivity index is 2.90. The molecule has 3 nitrogen and oxygen atoms in total. The van der Waals surface area contributed by atoms with E-state index in [1.165, 1.54) is 0 Å². The van der Waals surface area contributed by atoms with E-state index in [0.29, 0.717) is 11.4 Å². The molecular formula is C12H19NO2S. The van der Waals surface area contributed by atoms with Crippen molar-refractivity contribution in [3.63, 3.8) is 0 Å². The van der Waals surface area contributed by atoms with Gasteiger partial charge < -0.3 is 0 Å². The molecule has 4 heteroatoms. The first-order valence-electron chi connectivity index (χ1n) is 5.54. The molecule has 1 aromatic carbocycles. The Hall–Kier alpha value is -0.870. The molecule has 16 heavy (non-hydrogen) atoms. The van der Waals surface area contributed by atoms with Crippen molar-refractivity contribution in [2.75, 3.05) is 6.54 Å². The van der Waals surface area contributed by atoms with Crippen LogP contribution >= 0.6 is 0 Å². The van der Waals surface area contributed by atoms with Gasteiger partial charge in [0.25, 0.3) is 0 Å². The predicted molar refractivity (Wildman–Crippen MR) is 66.0 cm³/mol. The van der Waals surface area contributed by atoms with Gasteiger partial charge in [0.1, 0.15) is 0 Å². The Kier molecular flexibility index (Phi) is 4.50. The van der Waals surface area contributed by atoms with Gasteiger partial charge in [-0.05, 0) is 31.9 Å². The molecule has 0 unspecified atom stereocenters. The molecule has 0 atom stereocenters. The first-order valence-corrected chi connectivity index (χ1v) is 7.02. The Morgan fingerprint density at radius 2 is 1.94 bits per heavy atom. The highest BCUT2D eigenvalue weighted by molar-refractivity contribution is 7.89. The maximum Gasteiger partial charge on any atom is 0.240 e. The van der Waals surface area contributed by atoms with Crippen LogP contribution in [0.25, 0.3) is 0 Å². The summed E-state index contributed by atoms with van der Waals surface area (Å²) in [6.07, 6.45) is 1.85. The third kappa shape index (κ3) is 3.32. The van der Waals surface area contributed by atoms with Gasteiger partial charge >= 0.3 is 0 Å². The standard InChI is InChI=1S/C12H19NO2S/c1-4-5-8-13-16(14,15)12-7-6-10(2)9-11(12)3/h6-7,9,13H,4-5,8H2,1-3H3. The zero-order valence-corrected chi connectivity index (χ0v) is 10.9. The minimum Gasteiger partial charge on any atom is -0.211 e. The second-order valence-electron chi connectivity index (χ2n) is 4.02. The summed E-state index contributed by atoms with van der Waals surface area (Å²) in [6, 6.07) is 5.37. The van der Waals surface area contributed by atoms with Crippen LogP contribution in [0, 0.1) is 13.8 Å². The number of benzene rings is 1. The van der Waals surface area contributed by atoms with Crippen LogP contribution in [0.1, 0.15) is 30.9 Å². The fourth-order valence-electron chi connectivity index (χ4n) is 1.56. The molecule has 0 amide bonds. The van der Waals surface area contributed by atoms with E-state index in [1.54, 1.807) is 6.07 Å². The molecule has 0 radical (unpaired) electrons. The number of hydrogen-bond acceptors (Lipinski definition) is 2. The minimum absolute atomic E-state index is 0.384. The van der Waals surface area contributed by atoms with Crippen molar-refractivity contribution in [1.29, 1.82) is 0 Å². The molecular weight excluding hydrogens is 222 g/mol. The first-order chi connectivity index (χ1) is 7.47. The number of hydrogen-bond donors (Lipinski definition) is 1. The predicted octanol–water partition coefficient (Wildman–Crippen LogP) is 2.38. The number of sulfonamides is 1. The molecule has 1 rings (SSSR count). The fourth-order valence-corrected chi connectivity index (χ4v) is 2.86. The van der Waals surface area contributed by atoms with Gasteiger partial charge in [-0.15, -0.1) is 0 Å². The lowest BCUT2D eigenvalue weighted by molar-refractivity contribution is 0.578. The second-order valence-corrected chi connectivity index (χ2v) is 5.76. The Bertz CT molecular complexity index is 452. The normalized spacial score (nSPS) is 11.7. The summed E-state index contributed by atoms with van der Waals surface area (Å²) in [6.45, 7) is 6.31. The smallest absolute Gasteiger partial charge is 0.211 e. The zero-order chi connectivity index (χ0) is 12.2. The zero-order valence-electron chi connectivity index (χ0n) is 10.1. The van der Waals surface area contributed by atoms with Gasteiger partial charge in [0.15, 0.2) is 0 Å². The minimum atomic E-state index is -3.33. The molecule has 0 fully saturated rings. The van der Waals surface area contributed by atoms with E-state index in [-0.39, 0.29) is 0 Å². The van der Waals surface area contributed by atoms with Crippen molar-refractivity contribution >= 4 is 10.0 Å². The first kappa shape index (κ1) is 13.2. The number of nitrogens with one attached hydrogen (secondary N) is 1. The average molecular weight is 241 g/mol. The number of rotatable bonds is 5. The fraction of sp³-hybridized carbons (Fsp3) is 0.500. The molecule has 0 heterocycles. The van der Waals surface area contributed by atoms with Crippen LogP contribution in [0.5, 0.6) is 0 Å². The summed E-state index contributed by atoms with van der Waals surface area (Å²) >= 11 is 0. The van der Waals surface area contributed by atoms with Crippen molar-refractivity contribution in [2.24, 2.45) is 0 Å². The van der Waals surface area contributed by atoms with E-state index in [2.05, 4.69) is 4.72 Å². The van der Waals surface area contributed by atoms with Crippen LogP contribution in [0.2, 0.25) is 0 Å². The van der Waals surface area contributed by atoms with Gasteiger partial charge in [-0.3, -0.25) is 0 Å². The van der Waals surface area contributed by atoms with Gasteiger partial charge in [0.05, 0.1) is 4.90 Å². The molecule has 1 N–H and O–H groups in total. The Labute approximate surface area is 97.9 Å². The van der Waals surface area contributed by atoms with Crippen molar-refractivity contribution in [2.45, 2.75) is 38.5 Å². The van der Waals surface area contributed by atoms with E-state index >= 15 is 0 Å².